The van der Waals surface area contributed by atoms with E-state index in [1.165, 1.54) is 37.7 Å². The second-order valence-corrected chi connectivity index (χ2v) is 8.50. The van der Waals surface area contributed by atoms with Gasteiger partial charge in [-0.3, -0.25) is 0 Å². The number of benzene rings is 1. The first-order valence-electron chi connectivity index (χ1n) is 8.81. The fraction of sp³-hybridized carbons (Fsp3) is 0.684. The van der Waals surface area contributed by atoms with E-state index in [2.05, 4.69) is 33.4 Å². The second kappa shape index (κ2) is 6.29. The summed E-state index contributed by atoms with van der Waals surface area (Å²) in [6, 6.07) is 4.95. The van der Waals surface area contributed by atoms with E-state index < -0.39 is 0 Å². The molecule has 4 aliphatic rings. The Morgan fingerprint density at radius 2 is 1.65 bits per heavy atom. The number of halogens is 1. The van der Waals surface area contributed by atoms with Gasteiger partial charge >= 0.3 is 0 Å². The zero-order valence-corrected chi connectivity index (χ0v) is 15.6. The summed E-state index contributed by atoms with van der Waals surface area (Å²) in [6.07, 6.45) is 7.35. The molecule has 4 heteroatoms. The maximum atomic E-state index is 5.46. The number of hydrogen-bond donors (Lipinski definition) is 1. The highest BCUT2D eigenvalue weighted by molar-refractivity contribution is 9.10. The summed E-state index contributed by atoms with van der Waals surface area (Å²) in [4.78, 5) is 0. The van der Waals surface area contributed by atoms with Gasteiger partial charge < -0.3 is 14.8 Å². The zero-order valence-electron chi connectivity index (χ0n) is 14.0. The molecular formula is C19H26BrNO2. The monoisotopic (exact) mass is 379 g/mol. The normalized spacial score (nSPS) is 34.7. The van der Waals surface area contributed by atoms with Crippen LogP contribution in [0.2, 0.25) is 0 Å². The molecule has 4 bridgehead atoms. The van der Waals surface area contributed by atoms with E-state index in [1.54, 1.807) is 14.2 Å². The van der Waals surface area contributed by atoms with Crippen molar-refractivity contribution in [2.24, 2.45) is 23.7 Å². The molecule has 0 radical (unpaired) electrons. The molecule has 3 nitrogen and oxygen atoms in total. The van der Waals surface area contributed by atoms with E-state index in [1.807, 2.05) is 0 Å². The van der Waals surface area contributed by atoms with E-state index >= 15 is 0 Å². The van der Waals surface area contributed by atoms with Crippen molar-refractivity contribution in [1.82, 2.24) is 5.32 Å². The first-order valence-corrected chi connectivity index (χ1v) is 9.61. The quantitative estimate of drug-likeness (QED) is 0.823. The van der Waals surface area contributed by atoms with Gasteiger partial charge in [0.1, 0.15) is 0 Å². The van der Waals surface area contributed by atoms with E-state index in [0.29, 0.717) is 0 Å². The predicted molar refractivity (Wildman–Crippen MR) is 94.9 cm³/mol. The van der Waals surface area contributed by atoms with Crippen LogP contribution in [-0.4, -0.2) is 20.3 Å². The van der Waals surface area contributed by atoms with Gasteiger partial charge in [0.15, 0.2) is 11.5 Å². The molecule has 4 aliphatic carbocycles. The van der Waals surface area contributed by atoms with Gasteiger partial charge in [0.2, 0.25) is 0 Å². The largest absolute Gasteiger partial charge is 0.493 e. The molecule has 1 N–H and O–H groups in total. The van der Waals surface area contributed by atoms with Crippen molar-refractivity contribution in [3.63, 3.8) is 0 Å². The molecule has 4 saturated carbocycles. The maximum Gasteiger partial charge on any atom is 0.174 e. The Morgan fingerprint density at radius 1 is 1.00 bits per heavy atom. The number of ether oxygens (including phenoxy) is 2. The third kappa shape index (κ3) is 2.89. The molecule has 23 heavy (non-hydrogen) atoms. The van der Waals surface area contributed by atoms with Crippen LogP contribution in [0.25, 0.3) is 0 Å². The van der Waals surface area contributed by atoms with Crippen LogP contribution in [0.1, 0.15) is 37.7 Å². The van der Waals surface area contributed by atoms with Crippen LogP contribution in [-0.2, 0) is 6.54 Å². The van der Waals surface area contributed by atoms with Crippen molar-refractivity contribution in [3.8, 4) is 11.5 Å². The smallest absolute Gasteiger partial charge is 0.174 e. The maximum absolute atomic E-state index is 5.46. The summed E-state index contributed by atoms with van der Waals surface area (Å²) in [6.45, 7) is 0.909. The topological polar surface area (TPSA) is 30.5 Å². The first kappa shape index (κ1) is 15.8. The lowest BCUT2D eigenvalue weighted by molar-refractivity contribution is -0.0142. The van der Waals surface area contributed by atoms with Crippen LogP contribution in [0.3, 0.4) is 0 Å². The van der Waals surface area contributed by atoms with Crippen molar-refractivity contribution in [2.45, 2.75) is 44.7 Å². The van der Waals surface area contributed by atoms with Crippen molar-refractivity contribution in [1.29, 1.82) is 0 Å². The Bertz CT molecular complexity index is 561. The SMILES string of the molecule is COc1cc(CNC2C3CC4CC(C3)CC2C4)cc(Br)c1OC. The van der Waals surface area contributed by atoms with Crippen LogP contribution in [0.15, 0.2) is 16.6 Å². The fourth-order valence-electron chi connectivity index (χ4n) is 5.57. The molecule has 4 fully saturated rings. The molecule has 5 rings (SSSR count). The molecule has 0 saturated heterocycles. The highest BCUT2D eigenvalue weighted by Gasteiger charge is 2.47. The molecule has 0 spiro atoms. The molecule has 0 heterocycles. The summed E-state index contributed by atoms with van der Waals surface area (Å²) < 4.78 is 11.8. The minimum Gasteiger partial charge on any atom is -0.493 e. The highest BCUT2D eigenvalue weighted by Crippen LogP contribution is 2.53. The van der Waals surface area contributed by atoms with E-state index in [4.69, 9.17) is 9.47 Å². The van der Waals surface area contributed by atoms with Crippen molar-refractivity contribution in [3.05, 3.63) is 22.2 Å². The molecule has 0 aromatic heterocycles. The fourth-order valence-corrected chi connectivity index (χ4v) is 6.22. The zero-order chi connectivity index (χ0) is 16.0. The van der Waals surface area contributed by atoms with Crippen molar-refractivity contribution in [2.75, 3.05) is 14.2 Å². The lowest BCUT2D eigenvalue weighted by Gasteiger charge is -2.54. The number of methoxy groups -OCH3 is 2. The molecule has 0 aliphatic heterocycles. The van der Waals surface area contributed by atoms with Crippen molar-refractivity contribution < 1.29 is 9.47 Å². The molecule has 126 valence electrons. The lowest BCUT2D eigenvalue weighted by atomic mass is 9.54. The summed E-state index contributed by atoms with van der Waals surface area (Å²) in [5.41, 5.74) is 1.25. The average Bonchev–Trinajstić information content (AvgIpc) is 2.53. The van der Waals surface area contributed by atoms with Gasteiger partial charge in [-0.05, 0) is 89.4 Å². The van der Waals surface area contributed by atoms with Crippen LogP contribution >= 0.6 is 15.9 Å². The van der Waals surface area contributed by atoms with Gasteiger partial charge in [0, 0.05) is 12.6 Å². The molecule has 0 amide bonds. The third-order valence-electron chi connectivity index (χ3n) is 6.26. The van der Waals surface area contributed by atoms with Gasteiger partial charge in [0.25, 0.3) is 0 Å². The summed E-state index contributed by atoms with van der Waals surface area (Å²) in [5.74, 6) is 5.45. The third-order valence-corrected chi connectivity index (χ3v) is 6.85. The van der Waals surface area contributed by atoms with Crippen LogP contribution in [0, 0.1) is 23.7 Å². The number of hydrogen-bond acceptors (Lipinski definition) is 3. The summed E-state index contributed by atoms with van der Waals surface area (Å²) in [5, 5.41) is 3.88. The predicted octanol–water partition coefficient (Wildman–Crippen LogP) is 4.38. The second-order valence-electron chi connectivity index (χ2n) is 7.65. The number of nitrogens with one attached hydrogen (secondary N) is 1. The van der Waals surface area contributed by atoms with E-state index in [-0.39, 0.29) is 0 Å². The molecule has 1 aromatic rings. The summed E-state index contributed by atoms with van der Waals surface area (Å²) >= 11 is 3.59. The Morgan fingerprint density at radius 3 is 2.22 bits per heavy atom. The molecule has 0 atom stereocenters. The van der Waals surface area contributed by atoms with Crippen LogP contribution in [0.4, 0.5) is 0 Å². The standard InChI is InChI=1S/C19H26BrNO2/c1-22-17-9-13(8-16(20)19(17)23-2)10-21-18-14-4-11-3-12(6-14)7-15(18)5-11/h8-9,11-12,14-15,18,21H,3-7,10H2,1-2H3. The molecular weight excluding hydrogens is 354 g/mol. The Kier molecular flexibility index (Phi) is 4.31. The molecule has 0 unspecified atom stereocenters. The highest BCUT2D eigenvalue weighted by atomic mass is 79.9. The van der Waals surface area contributed by atoms with Crippen LogP contribution < -0.4 is 14.8 Å². The summed E-state index contributed by atoms with van der Waals surface area (Å²) in [7, 11) is 3.37. The Balaban J connectivity index is 1.46. The van der Waals surface area contributed by atoms with Gasteiger partial charge in [-0.2, -0.15) is 0 Å². The lowest BCUT2D eigenvalue weighted by Crippen LogP contribution is -2.54. The van der Waals surface area contributed by atoms with E-state index in [0.717, 1.165) is 52.2 Å². The van der Waals surface area contributed by atoms with Gasteiger partial charge in [-0.15, -0.1) is 0 Å². The minimum atomic E-state index is 0.717. The van der Waals surface area contributed by atoms with E-state index in [9.17, 15) is 0 Å². The van der Waals surface area contributed by atoms with Gasteiger partial charge in [0.05, 0.1) is 18.7 Å². The first-order chi connectivity index (χ1) is 11.2. The Labute approximate surface area is 147 Å². The van der Waals surface area contributed by atoms with Gasteiger partial charge in [-0.25, -0.2) is 0 Å². The number of rotatable bonds is 5. The Hall–Kier alpha value is -0.740. The minimum absolute atomic E-state index is 0.717. The van der Waals surface area contributed by atoms with Gasteiger partial charge in [-0.1, -0.05) is 0 Å². The van der Waals surface area contributed by atoms with Crippen LogP contribution in [0.5, 0.6) is 11.5 Å². The average molecular weight is 380 g/mol. The van der Waals surface area contributed by atoms with Crippen molar-refractivity contribution >= 4 is 15.9 Å². The molecule has 1 aromatic carbocycles.